The van der Waals surface area contributed by atoms with Crippen molar-refractivity contribution in [1.82, 2.24) is 0 Å². The van der Waals surface area contributed by atoms with Crippen LogP contribution in [0.2, 0.25) is 0 Å². The van der Waals surface area contributed by atoms with E-state index in [0.717, 1.165) is 118 Å². The highest BCUT2D eigenvalue weighted by Gasteiger charge is 2.58. The number of fused-ring (bicyclic) bond motifs is 11. The van der Waals surface area contributed by atoms with Crippen molar-refractivity contribution < 1.29 is 0 Å². The van der Waals surface area contributed by atoms with Crippen molar-refractivity contribution in [2.24, 2.45) is 173 Å². The van der Waals surface area contributed by atoms with Crippen molar-refractivity contribution in [3.05, 3.63) is 0 Å². The molecule has 0 amide bonds. The summed E-state index contributed by atoms with van der Waals surface area (Å²) in [6.07, 6.45) is 68.9. The van der Waals surface area contributed by atoms with Crippen LogP contribution < -0.4 is 0 Å². The molecule has 16 fully saturated rings. The van der Waals surface area contributed by atoms with E-state index in [-0.39, 0.29) is 0 Å². The summed E-state index contributed by atoms with van der Waals surface area (Å²) < 4.78 is 0. The Balaban J connectivity index is 0.000000165. The van der Waals surface area contributed by atoms with Crippen LogP contribution >= 0.6 is 0 Å². The van der Waals surface area contributed by atoms with E-state index in [1.807, 2.05) is 0 Å². The first-order chi connectivity index (χ1) is 48.6. The van der Waals surface area contributed by atoms with Crippen LogP contribution in [0.1, 0.15) is 489 Å². The lowest BCUT2D eigenvalue weighted by atomic mass is 9.43. The molecule has 0 nitrogen and oxygen atoms in total. The summed E-state index contributed by atoms with van der Waals surface area (Å²) in [6, 6.07) is 0. The van der Waals surface area contributed by atoms with Crippen molar-refractivity contribution in [2.75, 3.05) is 0 Å². The van der Waals surface area contributed by atoms with Crippen molar-refractivity contribution in [3.63, 3.8) is 0 Å². The van der Waals surface area contributed by atoms with E-state index < -0.39 is 0 Å². The highest BCUT2D eigenvalue weighted by Crippen LogP contribution is 2.67. The van der Waals surface area contributed by atoms with Gasteiger partial charge in [-0.25, -0.2) is 0 Å². The lowest BCUT2D eigenvalue weighted by molar-refractivity contribution is -0.113. The third-order valence-corrected chi connectivity index (χ3v) is 37.5. The fourth-order valence-corrected chi connectivity index (χ4v) is 27.8. The van der Waals surface area contributed by atoms with Crippen molar-refractivity contribution in [1.29, 1.82) is 0 Å². The molecule has 0 spiro atoms. The molecular formula is C104H196. The fourth-order valence-electron chi connectivity index (χ4n) is 27.8. The van der Waals surface area contributed by atoms with E-state index in [2.05, 4.69) is 194 Å². The second-order valence-corrected chi connectivity index (χ2v) is 48.4. The van der Waals surface area contributed by atoms with Gasteiger partial charge < -0.3 is 0 Å². The Labute approximate surface area is 657 Å². The van der Waals surface area contributed by atoms with Crippen LogP contribution in [-0.2, 0) is 0 Å². The van der Waals surface area contributed by atoms with Gasteiger partial charge in [-0.15, -0.1) is 0 Å². The molecule has 0 N–H and O–H groups in total. The quantitative estimate of drug-likeness (QED) is 0.183. The number of hydrogen-bond donors (Lipinski definition) is 0. The summed E-state index contributed by atoms with van der Waals surface area (Å²) in [5.41, 5.74) is 6.17. The summed E-state index contributed by atoms with van der Waals surface area (Å²) >= 11 is 0. The fraction of sp³-hybridized carbons (Fsp3) is 1.00. The molecule has 0 heterocycles. The summed E-state index contributed by atoms with van der Waals surface area (Å²) in [6.45, 7) is 67.3. The van der Waals surface area contributed by atoms with Gasteiger partial charge in [0.15, 0.2) is 0 Å². The van der Waals surface area contributed by atoms with Crippen LogP contribution in [-0.4, -0.2) is 0 Å². The molecule has 0 aromatic carbocycles. The summed E-state index contributed by atoms with van der Waals surface area (Å²) in [5.74, 6) is 21.8. The van der Waals surface area contributed by atoms with E-state index in [0.29, 0.717) is 48.7 Å². The maximum absolute atomic E-state index is 2.53. The van der Waals surface area contributed by atoms with Crippen LogP contribution in [0, 0.1) is 173 Å². The molecule has 12 bridgehead atoms. The highest BCUT2D eigenvalue weighted by molar-refractivity contribution is 5.07. The molecule has 14 unspecified atom stereocenters. The summed E-state index contributed by atoms with van der Waals surface area (Å²) in [7, 11) is 0. The van der Waals surface area contributed by atoms with Crippen LogP contribution in [0.15, 0.2) is 0 Å². The Morgan fingerprint density at radius 2 is 0.606 bits per heavy atom. The van der Waals surface area contributed by atoms with Gasteiger partial charge in [0.25, 0.3) is 0 Å². The van der Waals surface area contributed by atoms with Crippen molar-refractivity contribution >= 4 is 0 Å². The topological polar surface area (TPSA) is 0 Å². The molecule has 612 valence electrons. The lowest BCUT2D eigenvalue weighted by Gasteiger charge is -2.62. The van der Waals surface area contributed by atoms with Crippen LogP contribution in [0.5, 0.6) is 0 Å². The van der Waals surface area contributed by atoms with Gasteiger partial charge in [-0.05, 0) is 333 Å². The highest BCUT2D eigenvalue weighted by atomic mass is 14.6. The van der Waals surface area contributed by atoms with E-state index in [1.165, 1.54) is 173 Å². The smallest absolute Gasteiger partial charge is 0.0241 e. The van der Waals surface area contributed by atoms with Crippen LogP contribution in [0.4, 0.5) is 0 Å². The average Bonchev–Trinajstić information content (AvgIpc) is 1.33. The molecule has 0 aromatic heterocycles. The molecule has 14 atom stereocenters. The molecule has 16 saturated carbocycles. The molecule has 0 aromatic rings. The van der Waals surface area contributed by atoms with E-state index in [9.17, 15) is 0 Å². The summed E-state index contributed by atoms with van der Waals surface area (Å²) in [5, 5.41) is 0. The molecule has 0 aliphatic heterocycles. The largest absolute Gasteiger partial charge is 0.0649 e. The Morgan fingerprint density at radius 1 is 0.231 bits per heavy atom. The standard InChI is InChI=1S/2C14H24.C13H24.C12H22.C12H24.C11H20.C11H22.C10H20.C7H16/c1-13(2,3)14-7-10-4-11(8-14)6-12(5-10)9-14;1-14(2,3)13-8-9-7-12(13)11-6-4-5-10(9)11;1-4-13(3,5-2)12-9-10-6-7-11(12)8-10;1-4-12(2,3)11-8-9-5-6-10(11)7-9;1-4-12(3,5-2)11-9-7-6-8-10-11;1-11(2,3)10-7-8-4-5-9(10)6-8;1-4-11(2,3)10-8-6-5-7-9-10;1-10(2,3)9-7-5-4-6-8-9;1-5-7(3,4)6-2/h10-12H,4-9H2,1-3H3;9-13H,4-8H2,1-3H3;10-12H,4-9H2,1-3H3;9-11H,4-8H2,1-3H3;11H,4-10H2,1-3H3;8-10H,4-7H2,1-3H3;10H,4-9H2,1-3H3;9H,4-8H2,1-3H3;5-6H2,1-4H3. The molecule has 16 rings (SSSR count). The SMILES string of the molecule is CC(C)(C)C12CC3CC(CC(C3)C1)C2.CC(C)(C)C1CC2CC1C1CCCC21.CC(C)(C)C1CC2CCC1C2.CC(C)(C)C1CCCCC1.CCC(C)(C)C1CC2CCC1C2.CCC(C)(C)C1CCCCC1.CCC(C)(C)CC.CCC(C)(CC)C1CC2CCC1C2.CCC(C)(CC)C1CCCCC1. The van der Waals surface area contributed by atoms with E-state index in [1.54, 1.807) is 128 Å². The van der Waals surface area contributed by atoms with Gasteiger partial charge in [0.2, 0.25) is 0 Å². The summed E-state index contributed by atoms with van der Waals surface area (Å²) in [4.78, 5) is 0. The third kappa shape index (κ3) is 24.3. The predicted molar refractivity (Wildman–Crippen MR) is 465 cm³/mol. The van der Waals surface area contributed by atoms with Crippen LogP contribution in [0.3, 0.4) is 0 Å². The first-order valence-electron chi connectivity index (χ1n) is 48.6. The molecule has 16 aliphatic carbocycles. The monoisotopic (exact) mass is 1450 g/mol. The van der Waals surface area contributed by atoms with Gasteiger partial charge in [0, 0.05) is 0 Å². The molecule has 104 heavy (non-hydrogen) atoms. The van der Waals surface area contributed by atoms with Gasteiger partial charge in [-0.1, -0.05) is 329 Å². The average molecular weight is 1450 g/mol. The lowest BCUT2D eigenvalue weighted by Crippen LogP contribution is -2.51. The van der Waals surface area contributed by atoms with Crippen molar-refractivity contribution in [2.45, 2.75) is 489 Å². The minimum atomic E-state index is 0.559. The zero-order valence-electron chi connectivity index (χ0n) is 77.1. The first-order valence-corrected chi connectivity index (χ1v) is 48.6. The number of rotatable bonds is 12. The van der Waals surface area contributed by atoms with Gasteiger partial charge in [0.1, 0.15) is 0 Å². The second-order valence-electron chi connectivity index (χ2n) is 48.4. The van der Waals surface area contributed by atoms with E-state index in [4.69, 9.17) is 0 Å². The van der Waals surface area contributed by atoms with Gasteiger partial charge in [-0.3, -0.25) is 0 Å². The first kappa shape index (κ1) is 91.2. The molecule has 0 heteroatoms. The minimum Gasteiger partial charge on any atom is -0.0649 e. The van der Waals surface area contributed by atoms with Gasteiger partial charge in [0.05, 0.1) is 0 Å². The molecule has 0 saturated heterocycles. The number of hydrogen-bond acceptors (Lipinski definition) is 0. The zero-order chi connectivity index (χ0) is 77.1. The minimum absolute atomic E-state index is 0.559. The van der Waals surface area contributed by atoms with Gasteiger partial charge in [-0.2, -0.15) is 0 Å². The maximum Gasteiger partial charge on any atom is -0.0241 e. The third-order valence-electron chi connectivity index (χ3n) is 37.5. The molecule has 0 radical (unpaired) electrons. The maximum atomic E-state index is 2.53. The molecule has 16 aliphatic rings. The van der Waals surface area contributed by atoms with Gasteiger partial charge >= 0.3 is 0 Å². The Morgan fingerprint density at radius 3 is 0.913 bits per heavy atom. The normalized spacial score (nSPS) is 35.7. The zero-order valence-corrected chi connectivity index (χ0v) is 77.1. The van der Waals surface area contributed by atoms with E-state index >= 15 is 0 Å². The second kappa shape index (κ2) is 38.9. The predicted octanol–water partition coefficient (Wildman–Crippen LogP) is 34.8. The Kier molecular flexibility index (Phi) is 34.1. The Hall–Kier alpha value is 0. The molecular weight excluding hydrogens is 1250 g/mol. The van der Waals surface area contributed by atoms with Crippen molar-refractivity contribution in [3.8, 4) is 0 Å². The van der Waals surface area contributed by atoms with Crippen LogP contribution in [0.25, 0.3) is 0 Å². The Bertz CT molecular complexity index is 2320.